The van der Waals surface area contributed by atoms with Gasteiger partial charge in [-0.25, -0.2) is 0 Å². The van der Waals surface area contributed by atoms with Gasteiger partial charge < -0.3 is 10.2 Å². The van der Waals surface area contributed by atoms with Crippen molar-refractivity contribution in [3.05, 3.63) is 43.1 Å². The average molecular weight is 218 g/mol. The van der Waals surface area contributed by atoms with E-state index in [1.165, 1.54) is 6.20 Å². The summed E-state index contributed by atoms with van der Waals surface area (Å²) in [6.07, 6.45) is 2.25. The highest BCUT2D eigenvalue weighted by Crippen LogP contribution is 2.23. The van der Waals surface area contributed by atoms with E-state index in [-0.39, 0.29) is 11.8 Å². The largest absolute Gasteiger partial charge is 0.371 e. The lowest BCUT2D eigenvalue weighted by atomic mass is 10.1. The SMILES string of the molecule is [3H]c1ccccc1N1CCC(C(=O)NC=C)C1. The van der Waals surface area contributed by atoms with Crippen LogP contribution in [0.25, 0.3) is 0 Å². The van der Waals surface area contributed by atoms with Crippen molar-refractivity contribution >= 4 is 11.6 Å². The van der Waals surface area contributed by atoms with E-state index in [1.54, 1.807) is 6.07 Å². The Hall–Kier alpha value is -1.77. The van der Waals surface area contributed by atoms with Crippen molar-refractivity contribution in [1.29, 1.82) is 0 Å². The summed E-state index contributed by atoms with van der Waals surface area (Å²) in [7, 11) is 0. The molecule has 0 aliphatic carbocycles. The van der Waals surface area contributed by atoms with E-state index in [4.69, 9.17) is 1.37 Å². The van der Waals surface area contributed by atoms with E-state index in [1.807, 2.05) is 18.2 Å². The highest BCUT2D eigenvalue weighted by Gasteiger charge is 2.27. The molecule has 16 heavy (non-hydrogen) atoms. The molecule has 1 aliphatic heterocycles. The number of anilines is 1. The van der Waals surface area contributed by atoms with Gasteiger partial charge in [0.1, 0.15) is 0 Å². The van der Waals surface area contributed by atoms with Gasteiger partial charge >= 0.3 is 0 Å². The Bertz CT molecular complexity index is 433. The molecule has 3 nitrogen and oxygen atoms in total. The Balaban J connectivity index is 2.05. The first-order valence-corrected chi connectivity index (χ1v) is 5.44. The van der Waals surface area contributed by atoms with E-state index < -0.39 is 0 Å². The molecule has 84 valence electrons. The number of nitrogens with one attached hydrogen (secondary N) is 1. The zero-order valence-electron chi connectivity index (χ0n) is 10.1. The fraction of sp³-hybridized carbons (Fsp3) is 0.308. The van der Waals surface area contributed by atoms with Gasteiger partial charge in [0.2, 0.25) is 5.91 Å². The molecule has 1 heterocycles. The number of benzene rings is 1. The molecule has 0 spiro atoms. The second-order valence-electron chi connectivity index (χ2n) is 3.89. The van der Waals surface area contributed by atoms with Gasteiger partial charge in [-0.05, 0) is 24.7 Å². The second-order valence-corrected chi connectivity index (χ2v) is 3.89. The maximum Gasteiger partial charge on any atom is 0.228 e. The van der Waals surface area contributed by atoms with Crippen LogP contribution in [0, 0.1) is 5.92 Å². The summed E-state index contributed by atoms with van der Waals surface area (Å²) < 4.78 is 7.83. The number of nitrogens with zero attached hydrogens (tertiary/aromatic N) is 1. The van der Waals surface area contributed by atoms with Crippen molar-refractivity contribution in [2.45, 2.75) is 6.42 Å². The Kier molecular flexibility index (Phi) is 2.86. The first kappa shape index (κ1) is 9.46. The van der Waals surface area contributed by atoms with E-state index in [2.05, 4.69) is 16.8 Å². The van der Waals surface area contributed by atoms with Crippen molar-refractivity contribution in [3.63, 3.8) is 0 Å². The molecule has 1 aliphatic rings. The third-order valence-electron chi connectivity index (χ3n) is 2.84. The third-order valence-corrected chi connectivity index (χ3v) is 2.84. The van der Waals surface area contributed by atoms with Gasteiger partial charge in [-0.3, -0.25) is 4.79 Å². The molecule has 0 radical (unpaired) electrons. The minimum absolute atomic E-state index is 0.00685. The molecule has 1 aromatic rings. The van der Waals surface area contributed by atoms with E-state index in [0.717, 1.165) is 18.7 Å². The van der Waals surface area contributed by atoms with Crippen molar-refractivity contribution < 1.29 is 6.17 Å². The number of rotatable bonds is 3. The molecule has 0 saturated carbocycles. The van der Waals surface area contributed by atoms with Crippen molar-refractivity contribution in [2.24, 2.45) is 5.92 Å². The standard InChI is InChI=1S/C13H16N2O/c1-2-14-13(16)11-8-9-15(10-11)12-6-4-3-5-7-12/h2-7,11H,1,8-10H2,(H,14,16)/i6T. The van der Waals surface area contributed by atoms with Crippen LogP contribution in [0.3, 0.4) is 0 Å². The molecule has 1 unspecified atom stereocenters. The Morgan fingerprint density at radius 1 is 1.62 bits per heavy atom. The predicted octanol–water partition coefficient (Wildman–Crippen LogP) is 1.77. The number of hydrogen-bond donors (Lipinski definition) is 1. The molecule has 0 aromatic heterocycles. The zero-order valence-corrected chi connectivity index (χ0v) is 9.15. The van der Waals surface area contributed by atoms with Crippen LogP contribution < -0.4 is 10.2 Å². The van der Waals surface area contributed by atoms with Crippen molar-refractivity contribution in [1.82, 2.24) is 5.32 Å². The molecule has 1 aromatic carbocycles. The highest BCUT2D eigenvalue weighted by atomic mass is 16.1. The van der Waals surface area contributed by atoms with Crippen molar-refractivity contribution in [3.8, 4) is 0 Å². The van der Waals surface area contributed by atoms with Crippen molar-refractivity contribution in [2.75, 3.05) is 18.0 Å². The fourth-order valence-corrected chi connectivity index (χ4v) is 1.99. The molecular weight excluding hydrogens is 200 g/mol. The van der Waals surface area contributed by atoms with Gasteiger partial charge in [-0.2, -0.15) is 0 Å². The normalized spacial score (nSPS) is 20.4. The van der Waals surface area contributed by atoms with Crippen LogP contribution in [0.4, 0.5) is 5.69 Å². The highest BCUT2D eigenvalue weighted by molar-refractivity contribution is 5.80. The summed E-state index contributed by atoms with van der Waals surface area (Å²) in [5.41, 5.74) is 0.904. The molecule has 1 N–H and O–H groups in total. The third kappa shape index (κ3) is 2.24. The van der Waals surface area contributed by atoms with Crippen LogP contribution in [0.2, 0.25) is 0 Å². The molecule has 1 amide bonds. The molecule has 1 atom stereocenters. The number of amides is 1. The monoisotopic (exact) mass is 218 g/mol. The summed E-state index contributed by atoms with van der Waals surface area (Å²) in [5, 5.41) is 2.63. The van der Waals surface area contributed by atoms with Gasteiger partial charge in [0.25, 0.3) is 0 Å². The smallest absolute Gasteiger partial charge is 0.228 e. The maximum atomic E-state index is 11.7. The molecule has 3 heteroatoms. The number of para-hydroxylation sites is 1. The molecule has 0 bridgehead atoms. The molecule has 1 fully saturated rings. The van der Waals surface area contributed by atoms with Crippen LogP contribution >= 0.6 is 0 Å². The fourth-order valence-electron chi connectivity index (χ4n) is 1.99. The number of carbonyl (C=O) groups excluding carboxylic acids is 1. The Morgan fingerprint density at radius 3 is 3.25 bits per heavy atom. The lowest BCUT2D eigenvalue weighted by molar-refractivity contribution is -0.123. The molecule has 2 rings (SSSR count). The van der Waals surface area contributed by atoms with E-state index >= 15 is 0 Å². The van der Waals surface area contributed by atoms with Crippen LogP contribution in [-0.4, -0.2) is 19.0 Å². The van der Waals surface area contributed by atoms with Crippen LogP contribution in [0.5, 0.6) is 0 Å². The van der Waals surface area contributed by atoms with Crippen LogP contribution in [0.1, 0.15) is 7.79 Å². The van der Waals surface area contributed by atoms with E-state index in [0.29, 0.717) is 12.6 Å². The lowest BCUT2D eigenvalue weighted by Crippen LogP contribution is -2.29. The quantitative estimate of drug-likeness (QED) is 0.838. The number of hydrogen-bond acceptors (Lipinski definition) is 2. The minimum atomic E-state index is -0.00685. The molecular formula is C13H16N2O. The molecule has 1 saturated heterocycles. The lowest BCUT2D eigenvalue weighted by Gasteiger charge is -2.18. The summed E-state index contributed by atoms with van der Waals surface area (Å²) in [4.78, 5) is 13.7. The zero-order chi connectivity index (χ0) is 12.3. The van der Waals surface area contributed by atoms with Crippen LogP contribution in [0.15, 0.2) is 43.1 Å². The first-order valence-electron chi connectivity index (χ1n) is 5.94. The summed E-state index contributed by atoms with van der Waals surface area (Å²) in [5.74, 6) is 0.0116. The van der Waals surface area contributed by atoms with Gasteiger partial charge in [-0.1, -0.05) is 24.8 Å². The van der Waals surface area contributed by atoms with E-state index in [9.17, 15) is 4.79 Å². The Labute approximate surface area is 97.2 Å². The maximum absolute atomic E-state index is 11.7. The van der Waals surface area contributed by atoms with Gasteiger partial charge in [0.05, 0.1) is 7.29 Å². The van der Waals surface area contributed by atoms with Crippen LogP contribution in [-0.2, 0) is 4.79 Å². The number of carbonyl (C=O) groups is 1. The van der Waals surface area contributed by atoms with Gasteiger partial charge in [-0.15, -0.1) is 0 Å². The second kappa shape index (κ2) is 4.84. The summed E-state index contributed by atoms with van der Waals surface area (Å²) in [6.45, 7) is 4.99. The Morgan fingerprint density at radius 2 is 2.50 bits per heavy atom. The van der Waals surface area contributed by atoms with Gasteiger partial charge in [0.15, 0.2) is 0 Å². The summed E-state index contributed by atoms with van der Waals surface area (Å²) >= 11 is 0. The average Bonchev–Trinajstić information content (AvgIpc) is 2.79. The summed E-state index contributed by atoms with van der Waals surface area (Å²) in [6, 6.07) is 7.98. The van der Waals surface area contributed by atoms with Gasteiger partial charge in [0, 0.05) is 18.8 Å². The minimum Gasteiger partial charge on any atom is -0.371 e. The topological polar surface area (TPSA) is 32.3 Å². The first-order chi connectivity index (χ1) is 8.22. The predicted molar refractivity (Wildman–Crippen MR) is 65.1 cm³/mol.